The van der Waals surface area contributed by atoms with Crippen LogP contribution in [0.25, 0.3) is 0 Å². The van der Waals surface area contributed by atoms with E-state index in [2.05, 4.69) is 0 Å². The molecule has 0 spiro atoms. The van der Waals surface area contributed by atoms with Crippen LogP contribution < -0.4 is 11.5 Å². The highest BCUT2D eigenvalue weighted by molar-refractivity contribution is 5.75. The first-order valence-corrected chi connectivity index (χ1v) is 6.32. The third kappa shape index (κ3) is 4.62. The molecule has 0 bridgehead atoms. The lowest BCUT2D eigenvalue weighted by Crippen LogP contribution is -2.37. The van der Waals surface area contributed by atoms with Crippen LogP contribution in [0, 0.1) is 0 Å². The zero-order chi connectivity index (χ0) is 13.7. The predicted octanol–water partition coefficient (Wildman–Crippen LogP) is 0.0784. The van der Waals surface area contributed by atoms with Gasteiger partial charge in [-0.15, -0.1) is 0 Å². The molecule has 2 atom stereocenters. The van der Waals surface area contributed by atoms with E-state index in [1.54, 1.807) is 13.8 Å². The Morgan fingerprint density at radius 1 is 0.889 bits per heavy atom. The SMILES string of the molecule is CC(N)C(=O)OC1CCC(OC(=O)C(C)N)CC1. The summed E-state index contributed by atoms with van der Waals surface area (Å²) in [5, 5.41) is 0. The number of nitrogens with two attached hydrogens (primary N) is 2. The van der Waals surface area contributed by atoms with Gasteiger partial charge in [-0.2, -0.15) is 0 Å². The van der Waals surface area contributed by atoms with Crippen LogP contribution in [0.15, 0.2) is 0 Å². The van der Waals surface area contributed by atoms with Gasteiger partial charge < -0.3 is 20.9 Å². The molecule has 0 radical (unpaired) electrons. The van der Waals surface area contributed by atoms with E-state index in [1.807, 2.05) is 0 Å². The van der Waals surface area contributed by atoms with E-state index in [1.165, 1.54) is 0 Å². The minimum Gasteiger partial charge on any atom is -0.461 e. The maximum absolute atomic E-state index is 11.3. The second-order valence-electron chi connectivity index (χ2n) is 4.85. The average Bonchev–Trinajstić information content (AvgIpc) is 2.31. The minimum absolute atomic E-state index is 0.117. The van der Waals surface area contributed by atoms with E-state index >= 15 is 0 Å². The maximum atomic E-state index is 11.3. The summed E-state index contributed by atoms with van der Waals surface area (Å²) in [5.74, 6) is -0.767. The number of carbonyl (C=O) groups excluding carboxylic acids is 2. The number of ether oxygens (including phenoxy) is 2. The molecular formula is C12H22N2O4. The highest BCUT2D eigenvalue weighted by atomic mass is 16.6. The van der Waals surface area contributed by atoms with Crippen molar-refractivity contribution >= 4 is 11.9 Å². The first-order valence-electron chi connectivity index (χ1n) is 6.32. The molecule has 1 saturated carbocycles. The van der Waals surface area contributed by atoms with Crippen molar-refractivity contribution in [2.75, 3.05) is 0 Å². The van der Waals surface area contributed by atoms with Crippen molar-refractivity contribution in [2.24, 2.45) is 11.5 Å². The molecule has 0 aliphatic heterocycles. The van der Waals surface area contributed by atoms with Crippen molar-refractivity contribution in [3.8, 4) is 0 Å². The molecule has 6 nitrogen and oxygen atoms in total. The smallest absolute Gasteiger partial charge is 0.322 e. The van der Waals surface area contributed by atoms with Crippen molar-refractivity contribution in [2.45, 2.75) is 63.8 Å². The van der Waals surface area contributed by atoms with Gasteiger partial charge in [0.2, 0.25) is 0 Å². The zero-order valence-electron chi connectivity index (χ0n) is 10.9. The summed E-state index contributed by atoms with van der Waals surface area (Å²) < 4.78 is 10.4. The standard InChI is InChI=1S/C12H22N2O4/c1-7(13)11(15)17-9-3-5-10(6-4-9)18-12(16)8(2)14/h7-10H,3-6,13-14H2,1-2H3. The molecule has 0 heterocycles. The number of carbonyl (C=O) groups is 2. The highest BCUT2D eigenvalue weighted by Crippen LogP contribution is 2.24. The molecule has 1 aliphatic carbocycles. The van der Waals surface area contributed by atoms with Crippen molar-refractivity contribution < 1.29 is 19.1 Å². The second kappa shape index (κ2) is 6.70. The van der Waals surface area contributed by atoms with Crippen molar-refractivity contribution in [3.63, 3.8) is 0 Å². The lowest BCUT2D eigenvalue weighted by molar-refractivity contribution is -0.159. The van der Waals surface area contributed by atoms with E-state index < -0.39 is 12.1 Å². The quantitative estimate of drug-likeness (QED) is 0.692. The van der Waals surface area contributed by atoms with Gasteiger partial charge in [0.05, 0.1) is 0 Å². The summed E-state index contributed by atoms with van der Waals surface area (Å²) in [6.45, 7) is 3.19. The highest BCUT2D eigenvalue weighted by Gasteiger charge is 2.27. The topological polar surface area (TPSA) is 105 Å². The fourth-order valence-corrected chi connectivity index (χ4v) is 1.81. The largest absolute Gasteiger partial charge is 0.461 e. The van der Waals surface area contributed by atoms with Gasteiger partial charge in [-0.25, -0.2) is 0 Å². The van der Waals surface area contributed by atoms with Crippen LogP contribution in [0.1, 0.15) is 39.5 Å². The van der Waals surface area contributed by atoms with Crippen LogP contribution in [-0.4, -0.2) is 36.2 Å². The molecule has 0 aromatic heterocycles. The summed E-state index contributed by atoms with van der Waals surface area (Å²) in [4.78, 5) is 22.6. The van der Waals surface area contributed by atoms with E-state index in [0.29, 0.717) is 25.7 Å². The first kappa shape index (κ1) is 14.9. The molecule has 0 aromatic carbocycles. The van der Waals surface area contributed by atoms with Crippen molar-refractivity contribution in [3.05, 3.63) is 0 Å². The Hall–Kier alpha value is -1.14. The van der Waals surface area contributed by atoms with Gasteiger partial charge in [-0.1, -0.05) is 0 Å². The molecular weight excluding hydrogens is 236 g/mol. The van der Waals surface area contributed by atoms with E-state index in [0.717, 1.165) is 0 Å². The lowest BCUT2D eigenvalue weighted by atomic mass is 9.95. The maximum Gasteiger partial charge on any atom is 0.322 e. The van der Waals surface area contributed by atoms with Gasteiger partial charge in [-0.3, -0.25) is 9.59 Å². The number of hydrogen-bond donors (Lipinski definition) is 2. The Bertz CT molecular complexity index is 266. The molecule has 0 saturated heterocycles. The molecule has 104 valence electrons. The molecule has 6 heteroatoms. The van der Waals surface area contributed by atoms with Crippen molar-refractivity contribution in [1.29, 1.82) is 0 Å². The van der Waals surface area contributed by atoms with Crippen LogP contribution in [0.5, 0.6) is 0 Å². The Balaban J connectivity index is 2.28. The molecule has 0 amide bonds. The predicted molar refractivity (Wildman–Crippen MR) is 65.5 cm³/mol. The first-order chi connectivity index (χ1) is 8.40. The third-order valence-electron chi connectivity index (χ3n) is 2.93. The van der Waals surface area contributed by atoms with Crippen LogP contribution in [0.3, 0.4) is 0 Å². The van der Waals surface area contributed by atoms with Gasteiger partial charge in [0.15, 0.2) is 0 Å². The lowest BCUT2D eigenvalue weighted by Gasteiger charge is -2.28. The van der Waals surface area contributed by atoms with E-state index in [9.17, 15) is 9.59 Å². The summed E-state index contributed by atoms with van der Waals surface area (Å²) in [5.41, 5.74) is 10.8. The van der Waals surface area contributed by atoms with Crippen LogP contribution in [-0.2, 0) is 19.1 Å². The van der Waals surface area contributed by atoms with Crippen LogP contribution in [0.2, 0.25) is 0 Å². The fourth-order valence-electron chi connectivity index (χ4n) is 1.81. The van der Waals surface area contributed by atoms with Crippen molar-refractivity contribution in [1.82, 2.24) is 0 Å². The number of rotatable bonds is 4. The van der Waals surface area contributed by atoms with Gasteiger partial charge in [0, 0.05) is 0 Å². The average molecular weight is 258 g/mol. The summed E-state index contributed by atoms with van der Waals surface area (Å²) in [6, 6.07) is -1.20. The Morgan fingerprint density at radius 3 is 1.39 bits per heavy atom. The van der Waals surface area contributed by atoms with Crippen LogP contribution >= 0.6 is 0 Å². The second-order valence-corrected chi connectivity index (χ2v) is 4.85. The Kier molecular flexibility index (Phi) is 5.55. The van der Waals surface area contributed by atoms with Gasteiger partial charge in [-0.05, 0) is 39.5 Å². The van der Waals surface area contributed by atoms with Gasteiger partial charge in [0.25, 0.3) is 0 Å². The minimum atomic E-state index is -0.598. The molecule has 1 fully saturated rings. The summed E-state index contributed by atoms with van der Waals surface area (Å²) >= 11 is 0. The zero-order valence-corrected chi connectivity index (χ0v) is 10.9. The van der Waals surface area contributed by atoms with E-state index in [-0.39, 0.29) is 24.1 Å². The van der Waals surface area contributed by atoms with Gasteiger partial charge >= 0.3 is 11.9 Å². The molecule has 18 heavy (non-hydrogen) atoms. The Labute approximate surface area is 107 Å². The molecule has 1 aliphatic rings. The third-order valence-corrected chi connectivity index (χ3v) is 2.93. The molecule has 2 unspecified atom stereocenters. The normalized spacial score (nSPS) is 27.1. The molecule has 1 rings (SSSR count). The fraction of sp³-hybridized carbons (Fsp3) is 0.833. The number of esters is 2. The van der Waals surface area contributed by atoms with Crippen LogP contribution in [0.4, 0.5) is 0 Å². The van der Waals surface area contributed by atoms with Gasteiger partial charge in [0.1, 0.15) is 24.3 Å². The molecule has 0 aromatic rings. The monoisotopic (exact) mass is 258 g/mol. The van der Waals surface area contributed by atoms with E-state index in [4.69, 9.17) is 20.9 Å². The summed E-state index contributed by atoms with van der Waals surface area (Å²) in [6.07, 6.45) is 2.53. The Morgan fingerprint density at radius 2 is 1.17 bits per heavy atom. The molecule has 4 N–H and O–H groups in total. The number of hydrogen-bond acceptors (Lipinski definition) is 6. The summed E-state index contributed by atoms with van der Waals surface area (Å²) in [7, 11) is 0.